The average Bonchev–Trinajstić information content (AvgIpc) is 1.51. The highest BCUT2D eigenvalue weighted by Crippen LogP contribution is 2.50. The quantitative estimate of drug-likeness (QED) is 0.108. The molecule has 111 heavy (non-hydrogen) atoms. The zero-order chi connectivity index (χ0) is 73.0. The largest absolute Gasteiger partial charge is 0.310 e. The molecule has 526 valence electrons. The van der Waals surface area contributed by atoms with Crippen LogP contribution in [0.5, 0.6) is 0 Å². The van der Waals surface area contributed by atoms with Gasteiger partial charge in [-0.25, -0.2) is 9.97 Å². The van der Waals surface area contributed by atoms with Crippen LogP contribution in [-0.4, -0.2) is 25.8 Å². The van der Waals surface area contributed by atoms with Gasteiger partial charge in [-0.05, 0) is 245 Å². The van der Waals surface area contributed by atoms with Crippen LogP contribution in [0.1, 0.15) is 87.2 Å². The van der Waals surface area contributed by atoms with Gasteiger partial charge in [0.05, 0.1) is 22.4 Å². The summed E-state index contributed by atoms with van der Waals surface area (Å²) in [5.74, 6) is 1.55. The Labute approximate surface area is 648 Å². The number of fused-ring (bicyclic) bond motifs is 10. The van der Waals surface area contributed by atoms with E-state index in [4.69, 9.17) is 9.97 Å². The van der Waals surface area contributed by atoms with E-state index in [1.54, 1.807) is 0 Å². The first-order valence-corrected chi connectivity index (χ1v) is 40.2. The first-order chi connectivity index (χ1) is 55.0. The third kappa shape index (κ3) is 11.3. The van der Waals surface area contributed by atoms with Gasteiger partial charge in [-0.1, -0.05) is 293 Å². The molecule has 0 amide bonds. The number of nitrogens with zero attached hydrogens (tertiary/aromatic N) is 4. The van der Waals surface area contributed by atoms with Gasteiger partial charge in [0.1, 0.15) is 0 Å². The van der Waals surface area contributed by atoms with E-state index >= 15 is 0 Å². The van der Waals surface area contributed by atoms with Crippen molar-refractivity contribution >= 4 is 66.7 Å². The molecule has 2 aliphatic carbocycles. The van der Waals surface area contributed by atoms with Crippen LogP contribution in [0.4, 0.5) is 0 Å². The fourth-order valence-corrected chi connectivity index (χ4v) is 19.7. The highest BCUT2D eigenvalue weighted by molar-refractivity contribution is 7.00. The first-order valence-electron chi connectivity index (χ1n) is 40.2. The summed E-state index contributed by atoms with van der Waals surface area (Å²) in [5.41, 5.74) is 37.7. The first kappa shape index (κ1) is 65.2. The van der Waals surface area contributed by atoms with Crippen molar-refractivity contribution in [2.45, 2.75) is 76.0 Å². The molecule has 4 aliphatic rings. The lowest BCUT2D eigenvalue weighted by molar-refractivity contribution is 0.444. The molecular weight excluding hydrogens is 1340 g/mol. The summed E-state index contributed by atoms with van der Waals surface area (Å²) in [6.07, 6.45) is 12.3. The highest BCUT2D eigenvalue weighted by Gasteiger charge is 2.44. The molecule has 0 atom stereocenters. The van der Waals surface area contributed by atoms with E-state index in [2.05, 4.69) is 355 Å². The molecule has 22 rings (SSSR count). The zero-order valence-corrected chi connectivity index (χ0v) is 62.0. The fraction of sp³-hybridized carbons (Fsp3) is 0.113. The minimum Gasteiger partial charge on any atom is -0.310 e. The predicted octanol–water partition coefficient (Wildman–Crippen LogP) is 26.2. The molecule has 0 saturated heterocycles. The Bertz CT molecular complexity index is 6150. The Morgan fingerprint density at radius 2 is 0.550 bits per heavy atom. The third-order valence-corrected chi connectivity index (χ3v) is 25.0. The Morgan fingerprint density at radius 1 is 0.252 bits per heavy atom. The van der Waals surface area contributed by atoms with Crippen LogP contribution in [0.3, 0.4) is 0 Å². The van der Waals surface area contributed by atoms with Gasteiger partial charge in [0.15, 0.2) is 5.82 Å². The maximum Gasteiger partial charge on any atom is 0.252 e. The summed E-state index contributed by atoms with van der Waals surface area (Å²) in [6, 6.07) is 130. The molecule has 5 heterocycles. The molecule has 5 heteroatoms. The topological polar surface area (TPSA) is 35.6 Å². The number of hydrogen-bond acceptors (Lipinski definition) is 2. The zero-order valence-electron chi connectivity index (χ0n) is 62.0. The van der Waals surface area contributed by atoms with Gasteiger partial charge in [0, 0.05) is 60.6 Å². The molecule has 0 unspecified atom stereocenters. The Morgan fingerprint density at radius 3 is 0.874 bits per heavy atom. The van der Waals surface area contributed by atoms with Crippen molar-refractivity contribution in [1.82, 2.24) is 19.1 Å². The SMILES string of the molecule is c1ccc(-c2cc(-c3ccccc3)cc(-c3cc(-c4cc(-c5ccccc5)cc(-c5ccccc5)c4)nc(-c4cc5c6c(c4)-n4c7cc(-c8ccccc8)cc(-c8ccccc8)c7c7cc(C8CCCCC8)cc(c74)B6c4cc(C6CCCCC6)cc6c7c(-c8ccccc8)cc(-c8ccccc8)cc7n-5c46)n3)c2)cc1. The number of aromatic nitrogens is 4. The Hall–Kier alpha value is -13.0. The Kier molecular flexibility index (Phi) is 15.9. The molecule has 0 radical (unpaired) electrons. The van der Waals surface area contributed by atoms with Crippen molar-refractivity contribution in [3.8, 4) is 134 Å². The summed E-state index contributed by atoms with van der Waals surface area (Å²) >= 11 is 0. The van der Waals surface area contributed by atoms with E-state index in [-0.39, 0.29) is 6.71 Å². The second kappa shape index (κ2) is 27.0. The van der Waals surface area contributed by atoms with E-state index in [0.29, 0.717) is 17.7 Å². The molecule has 2 aliphatic heterocycles. The summed E-state index contributed by atoms with van der Waals surface area (Å²) in [5, 5.41) is 5.23. The second-order valence-corrected chi connectivity index (χ2v) is 31.5. The van der Waals surface area contributed by atoms with Crippen molar-refractivity contribution < 1.29 is 0 Å². The van der Waals surface area contributed by atoms with E-state index in [9.17, 15) is 0 Å². The average molecular weight is 1420 g/mol. The lowest BCUT2D eigenvalue weighted by Gasteiger charge is -2.35. The fourth-order valence-electron chi connectivity index (χ4n) is 19.7. The van der Waals surface area contributed by atoms with Crippen LogP contribution in [0.15, 0.2) is 346 Å². The maximum absolute atomic E-state index is 6.09. The molecule has 0 bridgehead atoms. The smallest absolute Gasteiger partial charge is 0.252 e. The minimum atomic E-state index is -0.130. The van der Waals surface area contributed by atoms with Gasteiger partial charge < -0.3 is 9.13 Å². The summed E-state index contributed by atoms with van der Waals surface area (Å²) in [7, 11) is 0. The van der Waals surface area contributed by atoms with Gasteiger partial charge >= 0.3 is 0 Å². The van der Waals surface area contributed by atoms with Crippen LogP contribution in [0.2, 0.25) is 0 Å². The van der Waals surface area contributed by atoms with Crippen molar-refractivity contribution in [1.29, 1.82) is 0 Å². The predicted molar refractivity (Wildman–Crippen MR) is 467 cm³/mol. The second-order valence-electron chi connectivity index (χ2n) is 31.5. The summed E-state index contributed by atoms with van der Waals surface area (Å²) < 4.78 is 5.48. The van der Waals surface area contributed by atoms with Crippen LogP contribution in [0, 0.1) is 0 Å². The van der Waals surface area contributed by atoms with Crippen LogP contribution in [-0.2, 0) is 0 Å². The number of benzene rings is 15. The third-order valence-electron chi connectivity index (χ3n) is 25.0. The van der Waals surface area contributed by atoms with Gasteiger partial charge in [0.2, 0.25) is 0 Å². The summed E-state index contributed by atoms with van der Waals surface area (Å²) in [4.78, 5) is 12.2. The van der Waals surface area contributed by atoms with E-state index in [1.807, 2.05) is 0 Å². The molecule has 2 saturated carbocycles. The lowest BCUT2D eigenvalue weighted by Crippen LogP contribution is -2.59. The van der Waals surface area contributed by atoms with Crippen LogP contribution >= 0.6 is 0 Å². The normalized spacial score (nSPS) is 14.0. The van der Waals surface area contributed by atoms with Crippen molar-refractivity contribution in [2.75, 3.05) is 0 Å². The van der Waals surface area contributed by atoms with Gasteiger partial charge in [-0.15, -0.1) is 0 Å². The lowest BCUT2D eigenvalue weighted by atomic mass is 9.34. The molecule has 3 aromatic heterocycles. The monoisotopic (exact) mass is 1420 g/mol. The molecule has 4 nitrogen and oxygen atoms in total. The van der Waals surface area contributed by atoms with Crippen molar-refractivity contribution in [2.24, 2.45) is 0 Å². The molecule has 0 spiro atoms. The van der Waals surface area contributed by atoms with Gasteiger partial charge in [-0.3, -0.25) is 0 Å². The molecule has 2 fully saturated rings. The van der Waals surface area contributed by atoms with E-state index < -0.39 is 0 Å². The van der Waals surface area contributed by atoms with Crippen molar-refractivity contribution in [3.05, 3.63) is 357 Å². The minimum absolute atomic E-state index is 0.130. The van der Waals surface area contributed by atoms with Gasteiger partial charge in [-0.2, -0.15) is 0 Å². The standard InChI is InChI=1S/C106H79BN4/c1-11-31-68(32-12-1)78-51-79(69-33-13-2-14-34-69)54-86(53-78)95-67-96(87-55-80(70-35-15-3-16-36-70)52-81(56-87)71-37-17-4-18-38-71)109-106(108-95)88-65-99-103-100(66-88)111-98-64-85(75-45-25-8-26-46-75)58-90(77-49-29-10-30-50-77)102(98)92-60-83(73-41-21-6-22-42-73)62-94(105(92)111)107(103)93-61-82(72-39-19-5-20-40-72)59-91-101-89(76-47-27-9-28-48-76)57-84(74-43-23-7-24-44-74)63-97(101)110(99)104(91)93/h1-4,7-18,23-38,43-67,72-73H,5-6,19-22,39-42H2. The molecule has 0 N–H and O–H groups in total. The Balaban J connectivity index is 0.912. The summed E-state index contributed by atoms with van der Waals surface area (Å²) in [6.45, 7) is -0.130. The van der Waals surface area contributed by atoms with Gasteiger partial charge in [0.25, 0.3) is 6.71 Å². The molecule has 15 aromatic carbocycles. The van der Waals surface area contributed by atoms with E-state index in [0.717, 1.165) is 84.0 Å². The van der Waals surface area contributed by atoms with Crippen LogP contribution in [0.25, 0.3) is 178 Å². The maximum atomic E-state index is 6.09. The van der Waals surface area contributed by atoms with Crippen LogP contribution < -0.4 is 16.4 Å². The number of hydrogen-bond donors (Lipinski definition) is 0. The molecule has 18 aromatic rings. The number of rotatable bonds is 13. The highest BCUT2D eigenvalue weighted by atomic mass is 15.0. The molecular formula is C106H79BN4. The van der Waals surface area contributed by atoms with Crippen molar-refractivity contribution in [3.63, 3.8) is 0 Å². The van der Waals surface area contributed by atoms with E-state index in [1.165, 1.54) is 180 Å².